The molecule has 1 unspecified atom stereocenters. The summed E-state index contributed by atoms with van der Waals surface area (Å²) in [7, 11) is 2.03. The van der Waals surface area contributed by atoms with Crippen molar-refractivity contribution in [3.05, 3.63) is 28.7 Å². The zero-order chi connectivity index (χ0) is 12.1. The molecule has 1 heterocycles. The maximum atomic E-state index is 3.54. The molecule has 3 heteroatoms. The minimum atomic E-state index is 0.877. The Morgan fingerprint density at radius 2 is 2.35 bits per heavy atom. The maximum absolute atomic E-state index is 3.54. The summed E-state index contributed by atoms with van der Waals surface area (Å²) in [6.45, 7) is 3.58. The van der Waals surface area contributed by atoms with Gasteiger partial charge in [-0.1, -0.05) is 22.0 Å². The summed E-state index contributed by atoms with van der Waals surface area (Å²) in [5, 5.41) is 3.22. The van der Waals surface area contributed by atoms with E-state index >= 15 is 0 Å². The molecule has 0 radical (unpaired) electrons. The molecule has 94 valence electrons. The molecule has 1 aliphatic heterocycles. The van der Waals surface area contributed by atoms with Crippen molar-refractivity contribution in [1.29, 1.82) is 0 Å². The van der Waals surface area contributed by atoms with Gasteiger partial charge >= 0.3 is 0 Å². The number of benzene rings is 1. The van der Waals surface area contributed by atoms with Crippen LogP contribution in [-0.4, -0.2) is 26.7 Å². The van der Waals surface area contributed by atoms with Gasteiger partial charge in [0.05, 0.1) is 0 Å². The summed E-state index contributed by atoms with van der Waals surface area (Å²) >= 11 is 3.54. The molecule has 0 amide bonds. The zero-order valence-corrected chi connectivity index (χ0v) is 12.0. The van der Waals surface area contributed by atoms with Crippen LogP contribution < -0.4 is 10.2 Å². The van der Waals surface area contributed by atoms with Crippen LogP contribution >= 0.6 is 15.9 Å². The van der Waals surface area contributed by atoms with E-state index in [-0.39, 0.29) is 0 Å². The lowest BCUT2D eigenvalue weighted by molar-refractivity contribution is 0.506. The number of hydrogen-bond donors (Lipinski definition) is 1. The summed E-state index contributed by atoms with van der Waals surface area (Å²) in [5.74, 6) is 0.877. The normalized spacial score (nSPS) is 19.9. The third-order valence-electron chi connectivity index (χ3n) is 3.50. The summed E-state index contributed by atoms with van der Waals surface area (Å²) in [5.41, 5.74) is 1.36. The molecule has 17 heavy (non-hydrogen) atoms. The molecule has 0 spiro atoms. The quantitative estimate of drug-likeness (QED) is 0.839. The molecular formula is C14H21BrN2. The lowest BCUT2D eigenvalue weighted by Crippen LogP contribution is -2.19. The predicted octanol–water partition coefficient (Wildman–Crippen LogP) is 3.28. The van der Waals surface area contributed by atoms with Crippen LogP contribution in [0, 0.1) is 5.92 Å². The van der Waals surface area contributed by atoms with Crippen molar-refractivity contribution >= 4 is 21.6 Å². The first-order chi connectivity index (χ1) is 8.29. The Hall–Kier alpha value is -0.540. The second kappa shape index (κ2) is 6.41. The molecule has 1 aromatic rings. The first-order valence-corrected chi connectivity index (χ1v) is 7.24. The third-order valence-corrected chi connectivity index (χ3v) is 3.99. The van der Waals surface area contributed by atoms with Gasteiger partial charge in [-0.05, 0) is 57.0 Å². The van der Waals surface area contributed by atoms with Crippen molar-refractivity contribution in [2.75, 3.05) is 31.6 Å². The van der Waals surface area contributed by atoms with Gasteiger partial charge in [0.15, 0.2) is 0 Å². The SMILES string of the molecule is CNCCCC1CCN(c2cccc(Br)c2)C1. The second-order valence-corrected chi connectivity index (χ2v) is 5.74. The van der Waals surface area contributed by atoms with E-state index in [9.17, 15) is 0 Å². The lowest BCUT2D eigenvalue weighted by atomic mass is 10.0. The van der Waals surface area contributed by atoms with Crippen LogP contribution in [0.1, 0.15) is 19.3 Å². The van der Waals surface area contributed by atoms with E-state index in [2.05, 4.69) is 50.4 Å². The van der Waals surface area contributed by atoms with Crippen LogP contribution in [0.3, 0.4) is 0 Å². The minimum absolute atomic E-state index is 0.877. The Balaban J connectivity index is 1.85. The highest BCUT2D eigenvalue weighted by atomic mass is 79.9. The fraction of sp³-hybridized carbons (Fsp3) is 0.571. The number of nitrogens with zero attached hydrogens (tertiary/aromatic N) is 1. The second-order valence-electron chi connectivity index (χ2n) is 4.83. The van der Waals surface area contributed by atoms with E-state index in [0.29, 0.717) is 0 Å². The Labute approximate surface area is 113 Å². The molecule has 0 aromatic heterocycles. The average molecular weight is 297 g/mol. The molecule has 2 rings (SSSR count). The first kappa shape index (κ1) is 12.9. The van der Waals surface area contributed by atoms with Crippen LogP contribution in [0.4, 0.5) is 5.69 Å². The highest BCUT2D eigenvalue weighted by Crippen LogP contribution is 2.28. The fourth-order valence-electron chi connectivity index (χ4n) is 2.54. The average Bonchev–Trinajstić information content (AvgIpc) is 2.78. The van der Waals surface area contributed by atoms with Crippen LogP contribution in [0.5, 0.6) is 0 Å². The molecule has 1 fully saturated rings. The summed E-state index contributed by atoms with van der Waals surface area (Å²) in [6, 6.07) is 8.63. The van der Waals surface area contributed by atoms with Gasteiger partial charge in [-0.2, -0.15) is 0 Å². The van der Waals surface area contributed by atoms with Gasteiger partial charge in [0.25, 0.3) is 0 Å². The Morgan fingerprint density at radius 1 is 1.47 bits per heavy atom. The molecule has 0 aliphatic carbocycles. The number of anilines is 1. The van der Waals surface area contributed by atoms with E-state index in [1.807, 2.05) is 7.05 Å². The number of rotatable bonds is 5. The summed E-state index contributed by atoms with van der Waals surface area (Å²) in [6.07, 6.45) is 4.00. The highest BCUT2D eigenvalue weighted by molar-refractivity contribution is 9.10. The Morgan fingerprint density at radius 3 is 3.12 bits per heavy atom. The molecule has 1 aromatic carbocycles. The van der Waals surface area contributed by atoms with Gasteiger partial charge in [-0.3, -0.25) is 0 Å². The molecular weight excluding hydrogens is 276 g/mol. The van der Waals surface area contributed by atoms with Gasteiger partial charge in [-0.25, -0.2) is 0 Å². The van der Waals surface area contributed by atoms with Gasteiger partial charge in [0.2, 0.25) is 0 Å². The zero-order valence-electron chi connectivity index (χ0n) is 10.5. The van der Waals surface area contributed by atoms with E-state index in [1.165, 1.54) is 42.5 Å². The molecule has 1 N–H and O–H groups in total. The smallest absolute Gasteiger partial charge is 0.0377 e. The third kappa shape index (κ3) is 3.71. The van der Waals surface area contributed by atoms with E-state index in [4.69, 9.17) is 0 Å². The molecule has 1 saturated heterocycles. The fourth-order valence-corrected chi connectivity index (χ4v) is 2.93. The Bertz CT molecular complexity index is 354. The van der Waals surface area contributed by atoms with Crippen LogP contribution in [0.2, 0.25) is 0 Å². The molecule has 2 nitrogen and oxygen atoms in total. The van der Waals surface area contributed by atoms with Crippen LogP contribution in [0.25, 0.3) is 0 Å². The van der Waals surface area contributed by atoms with Gasteiger partial charge in [0, 0.05) is 23.2 Å². The van der Waals surface area contributed by atoms with Crippen molar-refractivity contribution in [1.82, 2.24) is 5.32 Å². The van der Waals surface area contributed by atoms with Crippen molar-refractivity contribution in [2.24, 2.45) is 5.92 Å². The number of halogens is 1. The lowest BCUT2D eigenvalue weighted by Gasteiger charge is -2.19. The van der Waals surface area contributed by atoms with Crippen molar-refractivity contribution in [3.8, 4) is 0 Å². The van der Waals surface area contributed by atoms with Gasteiger partial charge < -0.3 is 10.2 Å². The largest absolute Gasteiger partial charge is 0.371 e. The molecule has 1 aliphatic rings. The molecule has 0 saturated carbocycles. The monoisotopic (exact) mass is 296 g/mol. The summed E-state index contributed by atoms with van der Waals surface area (Å²) < 4.78 is 1.17. The first-order valence-electron chi connectivity index (χ1n) is 6.44. The van der Waals surface area contributed by atoms with Crippen molar-refractivity contribution in [3.63, 3.8) is 0 Å². The minimum Gasteiger partial charge on any atom is -0.371 e. The van der Waals surface area contributed by atoms with Gasteiger partial charge in [0.1, 0.15) is 0 Å². The molecule has 0 bridgehead atoms. The van der Waals surface area contributed by atoms with Crippen LogP contribution in [0.15, 0.2) is 28.7 Å². The van der Waals surface area contributed by atoms with E-state index in [1.54, 1.807) is 0 Å². The van der Waals surface area contributed by atoms with E-state index < -0.39 is 0 Å². The topological polar surface area (TPSA) is 15.3 Å². The number of hydrogen-bond acceptors (Lipinski definition) is 2. The predicted molar refractivity (Wildman–Crippen MR) is 77.6 cm³/mol. The van der Waals surface area contributed by atoms with Crippen molar-refractivity contribution in [2.45, 2.75) is 19.3 Å². The summed E-state index contributed by atoms with van der Waals surface area (Å²) in [4.78, 5) is 2.51. The standard InChI is InChI=1S/C14H21BrN2/c1-16-8-3-4-12-7-9-17(11-12)14-6-2-5-13(15)10-14/h2,5-6,10,12,16H,3-4,7-9,11H2,1H3. The maximum Gasteiger partial charge on any atom is 0.0377 e. The van der Waals surface area contributed by atoms with Crippen LogP contribution in [-0.2, 0) is 0 Å². The molecule has 1 atom stereocenters. The van der Waals surface area contributed by atoms with Crippen molar-refractivity contribution < 1.29 is 0 Å². The van der Waals surface area contributed by atoms with Gasteiger partial charge in [-0.15, -0.1) is 0 Å². The Kier molecular flexibility index (Phi) is 4.86. The van der Waals surface area contributed by atoms with E-state index in [0.717, 1.165) is 12.5 Å². The highest BCUT2D eigenvalue weighted by Gasteiger charge is 2.22. The number of nitrogens with one attached hydrogen (secondary N) is 1.